The summed E-state index contributed by atoms with van der Waals surface area (Å²) in [7, 11) is 0. The van der Waals surface area contributed by atoms with E-state index in [0.29, 0.717) is 24.0 Å². The first-order valence-electron chi connectivity index (χ1n) is 6.13. The summed E-state index contributed by atoms with van der Waals surface area (Å²) in [6, 6.07) is 7.32. The Hall–Kier alpha value is -2.43. The number of nitrogens with one attached hydrogen (secondary N) is 1. The molecule has 5 nitrogen and oxygen atoms in total. The van der Waals surface area contributed by atoms with E-state index >= 15 is 0 Å². The second-order valence-corrected chi connectivity index (χ2v) is 4.65. The van der Waals surface area contributed by atoms with Gasteiger partial charge in [0.05, 0.1) is 17.1 Å². The number of aromatic nitrogens is 1. The van der Waals surface area contributed by atoms with Crippen LogP contribution >= 0.6 is 0 Å². The van der Waals surface area contributed by atoms with E-state index in [1.165, 1.54) is 0 Å². The van der Waals surface area contributed by atoms with Crippen molar-refractivity contribution in [1.29, 1.82) is 0 Å². The SMILES string of the molecule is Nc1ccc(C2CCC(=O)NC2=O)c2cccnc12. The molecule has 0 spiro atoms. The van der Waals surface area contributed by atoms with Gasteiger partial charge in [-0.3, -0.25) is 19.9 Å². The molecule has 2 aromatic rings. The molecule has 1 aliphatic heterocycles. The second kappa shape index (κ2) is 4.35. The van der Waals surface area contributed by atoms with Gasteiger partial charge in [-0.25, -0.2) is 0 Å². The number of carbonyl (C=O) groups excluding carboxylic acids is 2. The molecule has 5 heteroatoms. The Labute approximate surface area is 109 Å². The minimum absolute atomic E-state index is 0.209. The van der Waals surface area contributed by atoms with Gasteiger partial charge in [-0.2, -0.15) is 0 Å². The number of anilines is 1. The summed E-state index contributed by atoms with van der Waals surface area (Å²) in [5.74, 6) is -0.768. The fourth-order valence-corrected chi connectivity index (χ4v) is 2.51. The number of nitrogens with zero attached hydrogens (tertiary/aromatic N) is 1. The number of hydrogen-bond acceptors (Lipinski definition) is 4. The van der Waals surface area contributed by atoms with Gasteiger partial charge in [0.2, 0.25) is 11.8 Å². The van der Waals surface area contributed by atoms with Crippen LogP contribution in [0.1, 0.15) is 24.3 Å². The van der Waals surface area contributed by atoms with Gasteiger partial charge in [-0.1, -0.05) is 12.1 Å². The molecule has 1 atom stereocenters. The molecule has 19 heavy (non-hydrogen) atoms. The Morgan fingerprint density at radius 1 is 1.26 bits per heavy atom. The van der Waals surface area contributed by atoms with E-state index in [2.05, 4.69) is 10.3 Å². The third-order valence-electron chi connectivity index (χ3n) is 3.45. The quantitative estimate of drug-likeness (QED) is 0.594. The molecule has 1 fully saturated rings. The molecule has 1 aromatic heterocycles. The number of hydrogen-bond donors (Lipinski definition) is 2. The van der Waals surface area contributed by atoms with Crippen LogP contribution in [0.3, 0.4) is 0 Å². The van der Waals surface area contributed by atoms with Crippen molar-refractivity contribution in [3.05, 3.63) is 36.0 Å². The van der Waals surface area contributed by atoms with Crippen molar-refractivity contribution in [2.45, 2.75) is 18.8 Å². The molecule has 2 heterocycles. The van der Waals surface area contributed by atoms with E-state index in [1.807, 2.05) is 18.2 Å². The maximum absolute atomic E-state index is 12.0. The fourth-order valence-electron chi connectivity index (χ4n) is 2.51. The van der Waals surface area contributed by atoms with Gasteiger partial charge in [0.25, 0.3) is 0 Å². The van der Waals surface area contributed by atoms with Gasteiger partial charge in [-0.15, -0.1) is 0 Å². The Morgan fingerprint density at radius 3 is 2.89 bits per heavy atom. The largest absolute Gasteiger partial charge is 0.397 e. The van der Waals surface area contributed by atoms with Crippen molar-refractivity contribution in [1.82, 2.24) is 10.3 Å². The molecule has 0 radical (unpaired) electrons. The summed E-state index contributed by atoms with van der Waals surface area (Å²) in [5, 5.41) is 3.25. The van der Waals surface area contributed by atoms with Crippen LogP contribution < -0.4 is 11.1 Å². The predicted octanol–water partition coefficient (Wildman–Crippen LogP) is 1.34. The zero-order valence-corrected chi connectivity index (χ0v) is 10.2. The highest BCUT2D eigenvalue weighted by Gasteiger charge is 2.29. The van der Waals surface area contributed by atoms with Gasteiger partial charge in [0, 0.05) is 18.0 Å². The summed E-state index contributed by atoms with van der Waals surface area (Å²) >= 11 is 0. The molecular weight excluding hydrogens is 242 g/mol. The van der Waals surface area contributed by atoms with Crippen LogP contribution in [0.5, 0.6) is 0 Å². The van der Waals surface area contributed by atoms with Crippen molar-refractivity contribution < 1.29 is 9.59 Å². The fraction of sp³-hybridized carbons (Fsp3) is 0.214. The van der Waals surface area contributed by atoms with Gasteiger partial charge in [0.1, 0.15) is 0 Å². The lowest BCUT2D eigenvalue weighted by molar-refractivity contribution is -0.134. The molecule has 0 saturated carbocycles. The van der Waals surface area contributed by atoms with E-state index < -0.39 is 0 Å². The average Bonchev–Trinajstić information content (AvgIpc) is 2.41. The maximum atomic E-state index is 12.0. The van der Waals surface area contributed by atoms with Crippen molar-refractivity contribution >= 4 is 28.4 Å². The number of fused-ring (bicyclic) bond motifs is 1. The normalized spacial score (nSPS) is 19.5. The number of amides is 2. The lowest BCUT2D eigenvalue weighted by Gasteiger charge is -2.22. The molecule has 0 bridgehead atoms. The number of imide groups is 1. The van der Waals surface area contributed by atoms with Crippen molar-refractivity contribution in [2.75, 3.05) is 5.73 Å². The van der Waals surface area contributed by atoms with Gasteiger partial charge >= 0.3 is 0 Å². The van der Waals surface area contributed by atoms with Gasteiger partial charge in [-0.05, 0) is 24.1 Å². The molecule has 1 aromatic carbocycles. The lowest BCUT2D eigenvalue weighted by Crippen LogP contribution is -2.39. The smallest absolute Gasteiger partial charge is 0.234 e. The summed E-state index contributed by atoms with van der Waals surface area (Å²) in [6.07, 6.45) is 2.56. The molecule has 2 amide bonds. The third kappa shape index (κ3) is 1.93. The minimum atomic E-state index is -0.315. The van der Waals surface area contributed by atoms with E-state index in [0.717, 1.165) is 10.9 Å². The Morgan fingerprint density at radius 2 is 2.11 bits per heavy atom. The Bertz CT molecular complexity index is 681. The minimum Gasteiger partial charge on any atom is -0.397 e. The highest BCUT2D eigenvalue weighted by atomic mass is 16.2. The molecule has 1 unspecified atom stereocenters. The van der Waals surface area contributed by atoms with Crippen LogP contribution in [0.25, 0.3) is 10.9 Å². The van der Waals surface area contributed by atoms with Crippen molar-refractivity contribution in [2.24, 2.45) is 0 Å². The Balaban J connectivity index is 2.13. The molecule has 0 aliphatic carbocycles. The van der Waals surface area contributed by atoms with Crippen LogP contribution in [-0.2, 0) is 9.59 Å². The van der Waals surface area contributed by atoms with E-state index in [4.69, 9.17) is 5.73 Å². The summed E-state index contributed by atoms with van der Waals surface area (Å²) in [6.45, 7) is 0. The van der Waals surface area contributed by atoms with Crippen LogP contribution in [0.15, 0.2) is 30.5 Å². The lowest BCUT2D eigenvalue weighted by atomic mass is 9.88. The topological polar surface area (TPSA) is 85.1 Å². The standard InChI is InChI=1S/C14H13N3O2/c15-11-5-3-8(9-2-1-7-16-13(9)11)10-4-6-12(18)17-14(10)19/h1-3,5,7,10H,4,6,15H2,(H,17,18,19). The first-order valence-corrected chi connectivity index (χ1v) is 6.13. The summed E-state index contributed by atoms with van der Waals surface area (Å²) in [4.78, 5) is 27.4. The molecule has 96 valence electrons. The number of rotatable bonds is 1. The van der Waals surface area contributed by atoms with Crippen molar-refractivity contribution in [3.63, 3.8) is 0 Å². The highest BCUT2D eigenvalue weighted by molar-refractivity contribution is 6.03. The zero-order valence-electron chi connectivity index (χ0n) is 10.2. The molecule has 3 N–H and O–H groups in total. The first-order chi connectivity index (χ1) is 9.16. The third-order valence-corrected chi connectivity index (χ3v) is 3.45. The van der Waals surface area contributed by atoms with Crippen LogP contribution in [0.2, 0.25) is 0 Å². The van der Waals surface area contributed by atoms with Crippen LogP contribution in [0.4, 0.5) is 5.69 Å². The maximum Gasteiger partial charge on any atom is 0.234 e. The molecule has 3 rings (SSSR count). The second-order valence-electron chi connectivity index (χ2n) is 4.65. The predicted molar refractivity (Wildman–Crippen MR) is 71.3 cm³/mol. The molecule has 1 saturated heterocycles. The van der Waals surface area contributed by atoms with E-state index in [-0.39, 0.29) is 17.7 Å². The monoisotopic (exact) mass is 255 g/mol. The number of piperidine rings is 1. The number of nitrogen functional groups attached to an aromatic ring is 1. The summed E-state index contributed by atoms with van der Waals surface area (Å²) in [5.41, 5.74) is 8.06. The number of nitrogens with two attached hydrogens (primary N) is 1. The molecule has 1 aliphatic rings. The zero-order chi connectivity index (χ0) is 13.4. The van der Waals surface area contributed by atoms with E-state index in [1.54, 1.807) is 12.3 Å². The van der Waals surface area contributed by atoms with Gasteiger partial charge < -0.3 is 5.73 Å². The number of pyridine rings is 1. The Kier molecular flexibility index (Phi) is 2.67. The van der Waals surface area contributed by atoms with Crippen LogP contribution in [-0.4, -0.2) is 16.8 Å². The molecular formula is C14H13N3O2. The number of benzene rings is 1. The summed E-state index contributed by atoms with van der Waals surface area (Å²) < 4.78 is 0. The van der Waals surface area contributed by atoms with Crippen LogP contribution in [0, 0.1) is 0 Å². The van der Waals surface area contributed by atoms with E-state index in [9.17, 15) is 9.59 Å². The number of carbonyl (C=O) groups is 2. The first kappa shape index (κ1) is 11.6. The highest BCUT2D eigenvalue weighted by Crippen LogP contribution is 2.32. The van der Waals surface area contributed by atoms with Crippen molar-refractivity contribution in [3.8, 4) is 0 Å². The van der Waals surface area contributed by atoms with Gasteiger partial charge in [0.15, 0.2) is 0 Å². The average molecular weight is 255 g/mol.